The largest absolute Gasteiger partial charge is 0.352 e. The Balaban J connectivity index is 1.73. The molecular formula is C33H39ClFN3O4S. The molecule has 7 nitrogen and oxygen atoms in total. The molecule has 4 rings (SSSR count). The molecule has 3 aromatic rings. The number of carbonyl (C=O) groups is 2. The molecule has 1 aliphatic rings. The molecular weight excluding hydrogens is 589 g/mol. The second-order valence-electron chi connectivity index (χ2n) is 11.2. The molecule has 1 fully saturated rings. The summed E-state index contributed by atoms with van der Waals surface area (Å²) in [6, 6.07) is 16.2. The zero-order valence-electron chi connectivity index (χ0n) is 24.9. The van der Waals surface area contributed by atoms with Gasteiger partial charge in [-0.1, -0.05) is 73.7 Å². The predicted molar refractivity (Wildman–Crippen MR) is 168 cm³/mol. The molecule has 43 heavy (non-hydrogen) atoms. The van der Waals surface area contributed by atoms with E-state index in [1.807, 2.05) is 13.8 Å². The zero-order chi connectivity index (χ0) is 31.1. The lowest BCUT2D eigenvalue weighted by Crippen LogP contribution is -2.54. The van der Waals surface area contributed by atoms with Crippen LogP contribution in [-0.4, -0.2) is 43.8 Å². The average molecular weight is 628 g/mol. The van der Waals surface area contributed by atoms with Crippen LogP contribution >= 0.6 is 11.6 Å². The minimum atomic E-state index is -4.22. The van der Waals surface area contributed by atoms with Gasteiger partial charge in [0.1, 0.15) is 18.4 Å². The third-order valence-corrected chi connectivity index (χ3v) is 9.94. The van der Waals surface area contributed by atoms with Gasteiger partial charge in [-0.25, -0.2) is 12.8 Å². The van der Waals surface area contributed by atoms with Crippen molar-refractivity contribution in [1.29, 1.82) is 0 Å². The highest BCUT2D eigenvalue weighted by Crippen LogP contribution is 2.30. The van der Waals surface area contributed by atoms with Crippen LogP contribution in [0.15, 0.2) is 71.6 Å². The Morgan fingerprint density at radius 2 is 1.63 bits per heavy atom. The van der Waals surface area contributed by atoms with Gasteiger partial charge in [0.2, 0.25) is 11.8 Å². The quantitative estimate of drug-likeness (QED) is 0.261. The summed E-state index contributed by atoms with van der Waals surface area (Å²) in [4.78, 5) is 29.3. The fourth-order valence-corrected chi connectivity index (χ4v) is 7.09. The van der Waals surface area contributed by atoms with Gasteiger partial charge in [0.25, 0.3) is 10.0 Å². The van der Waals surface area contributed by atoms with Crippen LogP contribution in [0, 0.1) is 19.7 Å². The molecule has 1 saturated carbocycles. The van der Waals surface area contributed by atoms with Crippen molar-refractivity contribution in [3.8, 4) is 0 Å². The lowest BCUT2D eigenvalue weighted by Gasteiger charge is -2.34. The smallest absolute Gasteiger partial charge is 0.264 e. The Kier molecular flexibility index (Phi) is 10.8. The van der Waals surface area contributed by atoms with Crippen LogP contribution in [0.3, 0.4) is 0 Å². The first-order valence-corrected chi connectivity index (χ1v) is 16.5. The van der Waals surface area contributed by atoms with Crippen LogP contribution in [0.1, 0.15) is 62.1 Å². The normalized spacial score (nSPS) is 14.6. The van der Waals surface area contributed by atoms with Gasteiger partial charge in [0, 0.05) is 17.6 Å². The Morgan fingerprint density at radius 3 is 2.26 bits per heavy atom. The fourth-order valence-electron chi connectivity index (χ4n) is 5.45. The highest BCUT2D eigenvalue weighted by molar-refractivity contribution is 7.92. The fraction of sp³-hybridized carbons (Fsp3) is 0.394. The van der Waals surface area contributed by atoms with E-state index in [1.165, 1.54) is 35.2 Å². The van der Waals surface area contributed by atoms with Crippen molar-refractivity contribution in [3.63, 3.8) is 0 Å². The van der Waals surface area contributed by atoms with Crippen molar-refractivity contribution >= 4 is 39.1 Å². The van der Waals surface area contributed by atoms with E-state index in [2.05, 4.69) is 5.32 Å². The van der Waals surface area contributed by atoms with E-state index >= 15 is 0 Å². The Bertz CT molecular complexity index is 1520. The van der Waals surface area contributed by atoms with Crippen LogP contribution in [0.25, 0.3) is 0 Å². The van der Waals surface area contributed by atoms with Crippen molar-refractivity contribution in [2.45, 2.75) is 82.8 Å². The minimum absolute atomic E-state index is 0.00263. The number of amides is 2. The second-order valence-corrected chi connectivity index (χ2v) is 13.5. The van der Waals surface area contributed by atoms with Gasteiger partial charge in [0.05, 0.1) is 10.6 Å². The van der Waals surface area contributed by atoms with Crippen molar-refractivity contribution in [1.82, 2.24) is 10.2 Å². The lowest BCUT2D eigenvalue weighted by molar-refractivity contribution is -0.140. The molecule has 0 aromatic heterocycles. The molecule has 1 unspecified atom stereocenters. The minimum Gasteiger partial charge on any atom is -0.352 e. The van der Waals surface area contributed by atoms with Crippen molar-refractivity contribution in [3.05, 3.63) is 94.3 Å². The molecule has 0 spiro atoms. The van der Waals surface area contributed by atoms with E-state index in [-0.39, 0.29) is 29.1 Å². The maximum absolute atomic E-state index is 14.3. The summed E-state index contributed by atoms with van der Waals surface area (Å²) in [7, 11) is -4.22. The average Bonchev–Trinajstić information content (AvgIpc) is 2.98. The summed E-state index contributed by atoms with van der Waals surface area (Å²) in [6.45, 7) is 4.86. The number of anilines is 1. The number of sulfonamides is 1. The zero-order valence-corrected chi connectivity index (χ0v) is 26.4. The molecule has 0 radical (unpaired) electrons. The van der Waals surface area contributed by atoms with Crippen molar-refractivity contribution in [2.75, 3.05) is 10.8 Å². The second kappa shape index (κ2) is 14.4. The molecule has 3 aromatic carbocycles. The number of carbonyl (C=O) groups excluding carboxylic acids is 2. The summed E-state index contributed by atoms with van der Waals surface area (Å²) in [5, 5.41) is 3.44. The van der Waals surface area contributed by atoms with E-state index in [0.29, 0.717) is 22.6 Å². The molecule has 0 bridgehead atoms. The number of rotatable bonds is 11. The van der Waals surface area contributed by atoms with Crippen molar-refractivity contribution < 1.29 is 22.4 Å². The Hall–Kier alpha value is -3.43. The third kappa shape index (κ3) is 8.15. The summed E-state index contributed by atoms with van der Waals surface area (Å²) >= 11 is 6.30. The van der Waals surface area contributed by atoms with Gasteiger partial charge in [-0.15, -0.1) is 0 Å². The Labute approximate surface area is 259 Å². The van der Waals surface area contributed by atoms with Gasteiger partial charge in [0.15, 0.2) is 0 Å². The highest BCUT2D eigenvalue weighted by Gasteiger charge is 2.35. The van der Waals surface area contributed by atoms with Crippen LogP contribution in [0.2, 0.25) is 5.02 Å². The van der Waals surface area contributed by atoms with E-state index in [1.54, 1.807) is 43.3 Å². The van der Waals surface area contributed by atoms with E-state index in [0.717, 1.165) is 42.0 Å². The highest BCUT2D eigenvalue weighted by atomic mass is 35.5. The lowest BCUT2D eigenvalue weighted by atomic mass is 9.95. The molecule has 1 N–H and O–H groups in total. The summed E-state index contributed by atoms with van der Waals surface area (Å²) in [5.74, 6) is -1.27. The summed E-state index contributed by atoms with van der Waals surface area (Å²) < 4.78 is 43.0. The monoisotopic (exact) mass is 627 g/mol. The van der Waals surface area contributed by atoms with Gasteiger partial charge >= 0.3 is 0 Å². The van der Waals surface area contributed by atoms with Gasteiger partial charge in [-0.05, 0) is 80.6 Å². The summed E-state index contributed by atoms with van der Waals surface area (Å²) in [6.07, 6.45) is 5.27. The van der Waals surface area contributed by atoms with E-state index in [9.17, 15) is 22.4 Å². The number of nitrogens with one attached hydrogen (secondary N) is 1. The van der Waals surface area contributed by atoms with Crippen LogP contribution in [-0.2, 0) is 26.2 Å². The van der Waals surface area contributed by atoms with E-state index < -0.39 is 34.3 Å². The van der Waals surface area contributed by atoms with Gasteiger partial charge in [-0.2, -0.15) is 0 Å². The number of hydrogen-bond acceptors (Lipinski definition) is 4. The van der Waals surface area contributed by atoms with Crippen LogP contribution in [0.5, 0.6) is 0 Å². The Morgan fingerprint density at radius 1 is 0.977 bits per heavy atom. The van der Waals surface area contributed by atoms with Crippen LogP contribution < -0.4 is 9.62 Å². The SMILES string of the molecule is CCC(C(=O)NC1CCCCC1)N(Cc1ccc(F)cc1)C(=O)CN(c1cc(Cl)ccc1C)S(=O)(=O)c1ccc(C)cc1. The summed E-state index contributed by atoms with van der Waals surface area (Å²) in [5.41, 5.74) is 2.38. The maximum Gasteiger partial charge on any atom is 0.264 e. The first kappa shape index (κ1) is 32.5. The van der Waals surface area contributed by atoms with Gasteiger partial charge < -0.3 is 10.2 Å². The number of aryl methyl sites for hydroxylation is 2. The number of nitrogens with zero attached hydrogens (tertiary/aromatic N) is 2. The van der Waals surface area contributed by atoms with Crippen LogP contribution in [0.4, 0.5) is 10.1 Å². The maximum atomic E-state index is 14.3. The predicted octanol–water partition coefficient (Wildman–Crippen LogP) is 6.55. The standard InChI is InChI=1S/C33H39ClFN3O4S/c1-4-30(33(40)36-28-8-6-5-7-9-28)37(21-25-13-16-27(35)17-14-25)32(39)22-38(31-20-26(34)15-12-24(31)3)43(41,42)29-18-10-23(2)11-19-29/h10-20,28,30H,4-9,21-22H2,1-3H3,(H,36,40). The molecule has 1 atom stereocenters. The molecule has 1 aliphatic carbocycles. The van der Waals surface area contributed by atoms with Gasteiger partial charge in [-0.3, -0.25) is 13.9 Å². The molecule has 0 saturated heterocycles. The molecule has 230 valence electrons. The van der Waals surface area contributed by atoms with Crippen molar-refractivity contribution in [2.24, 2.45) is 0 Å². The number of hydrogen-bond donors (Lipinski definition) is 1. The number of halogens is 2. The van der Waals surface area contributed by atoms with E-state index in [4.69, 9.17) is 11.6 Å². The number of benzene rings is 3. The first-order chi connectivity index (χ1) is 20.5. The first-order valence-electron chi connectivity index (χ1n) is 14.7. The molecule has 0 aliphatic heterocycles. The molecule has 10 heteroatoms. The topological polar surface area (TPSA) is 86.8 Å². The molecule has 0 heterocycles. The third-order valence-electron chi connectivity index (χ3n) is 7.93. The molecule has 2 amide bonds.